The first-order chi connectivity index (χ1) is 8.29. The maximum atomic E-state index is 10.8. The number of fused-ring (bicyclic) bond motifs is 1. The number of benzene rings is 1. The van der Waals surface area contributed by atoms with Gasteiger partial charge in [-0.2, -0.15) is 0 Å². The Labute approximate surface area is 105 Å². The summed E-state index contributed by atoms with van der Waals surface area (Å²) in [5.41, 5.74) is 3.68. The Kier molecular flexibility index (Phi) is 2.60. The zero-order chi connectivity index (χ0) is 11.8. The molecule has 0 atom stereocenters. The fourth-order valence-electron chi connectivity index (χ4n) is 2.61. The van der Waals surface area contributed by atoms with Gasteiger partial charge in [-0.15, -0.1) is 11.3 Å². The second-order valence-corrected chi connectivity index (χ2v) is 5.78. The van der Waals surface area contributed by atoms with Crippen LogP contribution in [0.4, 0.5) is 0 Å². The summed E-state index contributed by atoms with van der Waals surface area (Å²) >= 11 is 1.80. The summed E-state index contributed by atoms with van der Waals surface area (Å²) in [5, 5.41) is 1.31. The van der Waals surface area contributed by atoms with Gasteiger partial charge in [0.05, 0.1) is 0 Å². The zero-order valence-electron chi connectivity index (χ0n) is 9.82. The van der Waals surface area contributed by atoms with Crippen LogP contribution in [0.2, 0.25) is 0 Å². The van der Waals surface area contributed by atoms with Crippen molar-refractivity contribution in [1.82, 2.24) is 0 Å². The largest absolute Gasteiger partial charge is 0.298 e. The molecular formula is C15H14OS. The summed E-state index contributed by atoms with van der Waals surface area (Å²) < 4.78 is 1.23. The Morgan fingerprint density at radius 3 is 2.94 bits per heavy atom. The third-order valence-corrected chi connectivity index (χ3v) is 4.46. The molecule has 1 aromatic carbocycles. The molecule has 0 spiro atoms. The smallest absolute Gasteiger partial charge is 0.150 e. The number of carbonyl (C=O) groups excluding carboxylic acids is 1. The molecule has 3 rings (SSSR count). The van der Waals surface area contributed by atoms with E-state index in [1.165, 1.54) is 45.4 Å². The van der Waals surface area contributed by atoms with Crippen LogP contribution in [-0.4, -0.2) is 6.29 Å². The molecule has 0 radical (unpaired) electrons. The van der Waals surface area contributed by atoms with Crippen molar-refractivity contribution in [3.8, 4) is 0 Å². The molecule has 17 heavy (non-hydrogen) atoms. The van der Waals surface area contributed by atoms with Gasteiger partial charge in [-0.25, -0.2) is 0 Å². The molecule has 0 bridgehead atoms. The van der Waals surface area contributed by atoms with Crippen LogP contribution in [0.15, 0.2) is 24.3 Å². The topological polar surface area (TPSA) is 17.1 Å². The SMILES string of the molecule is Cc1sc2cc(C=O)ccc2c1C1=CCCC1. The Balaban J connectivity index is 2.24. The van der Waals surface area contributed by atoms with Crippen molar-refractivity contribution in [2.24, 2.45) is 0 Å². The van der Waals surface area contributed by atoms with E-state index in [9.17, 15) is 4.79 Å². The first-order valence-electron chi connectivity index (χ1n) is 5.97. The van der Waals surface area contributed by atoms with Crippen molar-refractivity contribution in [2.45, 2.75) is 26.2 Å². The van der Waals surface area contributed by atoms with Crippen LogP contribution in [0.3, 0.4) is 0 Å². The lowest BCUT2D eigenvalue weighted by Gasteiger charge is -2.02. The highest BCUT2D eigenvalue weighted by Gasteiger charge is 2.15. The van der Waals surface area contributed by atoms with Gasteiger partial charge in [0, 0.05) is 20.5 Å². The maximum Gasteiger partial charge on any atom is 0.150 e. The Hall–Kier alpha value is -1.41. The second-order valence-electron chi connectivity index (χ2n) is 4.53. The molecule has 0 saturated carbocycles. The molecule has 1 aliphatic rings. The first-order valence-corrected chi connectivity index (χ1v) is 6.79. The average molecular weight is 242 g/mol. The Morgan fingerprint density at radius 2 is 2.24 bits per heavy atom. The summed E-state index contributed by atoms with van der Waals surface area (Å²) in [7, 11) is 0. The van der Waals surface area contributed by atoms with E-state index in [-0.39, 0.29) is 0 Å². The number of aldehydes is 1. The molecule has 0 fully saturated rings. The molecule has 0 unspecified atom stereocenters. The van der Waals surface area contributed by atoms with E-state index >= 15 is 0 Å². The van der Waals surface area contributed by atoms with Gasteiger partial charge in [0.15, 0.2) is 0 Å². The summed E-state index contributed by atoms with van der Waals surface area (Å²) in [6.45, 7) is 2.18. The third-order valence-electron chi connectivity index (χ3n) is 3.39. The van der Waals surface area contributed by atoms with Crippen LogP contribution >= 0.6 is 11.3 Å². The Bertz CT molecular complexity index is 619. The Morgan fingerprint density at radius 1 is 1.35 bits per heavy atom. The van der Waals surface area contributed by atoms with Gasteiger partial charge < -0.3 is 0 Å². The molecule has 1 aliphatic carbocycles. The standard InChI is InChI=1S/C15H14OS/c1-10-15(12-4-2-3-5-12)13-7-6-11(9-16)8-14(13)17-10/h4,6-9H,2-3,5H2,1H3. The molecule has 0 amide bonds. The summed E-state index contributed by atoms with van der Waals surface area (Å²) in [6, 6.07) is 6.01. The van der Waals surface area contributed by atoms with E-state index in [2.05, 4.69) is 19.1 Å². The summed E-state index contributed by atoms with van der Waals surface area (Å²) in [5.74, 6) is 0. The van der Waals surface area contributed by atoms with Gasteiger partial charge in [0.1, 0.15) is 6.29 Å². The van der Waals surface area contributed by atoms with Gasteiger partial charge in [-0.3, -0.25) is 4.79 Å². The summed E-state index contributed by atoms with van der Waals surface area (Å²) in [6.07, 6.45) is 6.96. The second kappa shape index (κ2) is 4.11. The lowest BCUT2D eigenvalue weighted by atomic mass is 10.0. The van der Waals surface area contributed by atoms with Gasteiger partial charge in [-0.1, -0.05) is 18.2 Å². The van der Waals surface area contributed by atoms with Crippen molar-refractivity contribution < 1.29 is 4.79 Å². The lowest BCUT2D eigenvalue weighted by molar-refractivity contribution is 0.112. The van der Waals surface area contributed by atoms with Crippen LogP contribution in [0.5, 0.6) is 0 Å². The predicted octanol–water partition coefficient (Wildman–Crippen LogP) is 4.59. The van der Waals surface area contributed by atoms with Gasteiger partial charge >= 0.3 is 0 Å². The quantitative estimate of drug-likeness (QED) is 0.704. The van der Waals surface area contributed by atoms with E-state index < -0.39 is 0 Å². The van der Waals surface area contributed by atoms with E-state index in [4.69, 9.17) is 0 Å². The summed E-state index contributed by atoms with van der Waals surface area (Å²) in [4.78, 5) is 12.2. The molecule has 2 aromatic rings. The predicted molar refractivity (Wildman–Crippen MR) is 73.8 cm³/mol. The molecule has 1 aromatic heterocycles. The average Bonchev–Trinajstić information content (AvgIpc) is 2.93. The van der Waals surface area contributed by atoms with Gasteiger partial charge in [0.25, 0.3) is 0 Å². The first kappa shape index (κ1) is 10.7. The third kappa shape index (κ3) is 1.73. The van der Waals surface area contributed by atoms with Crippen LogP contribution in [0.25, 0.3) is 15.7 Å². The number of carbonyl (C=O) groups is 1. The molecule has 0 N–H and O–H groups in total. The molecule has 86 valence electrons. The van der Waals surface area contributed by atoms with E-state index in [0.29, 0.717) is 0 Å². The van der Waals surface area contributed by atoms with Crippen LogP contribution in [0.1, 0.15) is 40.1 Å². The van der Waals surface area contributed by atoms with Crippen molar-refractivity contribution in [3.63, 3.8) is 0 Å². The van der Waals surface area contributed by atoms with Crippen LogP contribution in [-0.2, 0) is 0 Å². The fourth-order valence-corrected chi connectivity index (χ4v) is 3.75. The van der Waals surface area contributed by atoms with Crippen molar-refractivity contribution in [1.29, 1.82) is 0 Å². The number of thiophene rings is 1. The highest BCUT2D eigenvalue weighted by Crippen LogP contribution is 2.39. The minimum atomic E-state index is 0.769. The molecular weight excluding hydrogens is 228 g/mol. The van der Waals surface area contributed by atoms with E-state index in [1.54, 1.807) is 11.3 Å². The number of hydrogen-bond acceptors (Lipinski definition) is 2. The van der Waals surface area contributed by atoms with Gasteiger partial charge in [-0.05, 0) is 43.4 Å². The van der Waals surface area contributed by atoms with E-state index in [0.717, 1.165) is 11.8 Å². The van der Waals surface area contributed by atoms with Crippen molar-refractivity contribution in [3.05, 3.63) is 40.3 Å². The van der Waals surface area contributed by atoms with Crippen LogP contribution < -0.4 is 0 Å². The molecule has 1 nitrogen and oxygen atoms in total. The highest BCUT2D eigenvalue weighted by molar-refractivity contribution is 7.19. The monoisotopic (exact) mass is 242 g/mol. The van der Waals surface area contributed by atoms with Crippen molar-refractivity contribution >= 4 is 33.3 Å². The number of allylic oxidation sites excluding steroid dienone is 2. The maximum absolute atomic E-state index is 10.8. The molecule has 0 aliphatic heterocycles. The number of hydrogen-bond donors (Lipinski definition) is 0. The highest BCUT2D eigenvalue weighted by atomic mass is 32.1. The van der Waals surface area contributed by atoms with Crippen molar-refractivity contribution in [2.75, 3.05) is 0 Å². The normalized spacial score (nSPS) is 15.2. The van der Waals surface area contributed by atoms with E-state index in [1.807, 2.05) is 12.1 Å². The number of rotatable bonds is 2. The molecule has 2 heteroatoms. The van der Waals surface area contributed by atoms with Gasteiger partial charge in [0.2, 0.25) is 0 Å². The van der Waals surface area contributed by atoms with Crippen LogP contribution in [0, 0.1) is 6.92 Å². The fraction of sp³-hybridized carbons (Fsp3) is 0.267. The molecule has 0 saturated heterocycles. The molecule has 1 heterocycles. The number of aryl methyl sites for hydroxylation is 1. The minimum absolute atomic E-state index is 0.769. The minimum Gasteiger partial charge on any atom is -0.298 e. The lowest BCUT2D eigenvalue weighted by Crippen LogP contribution is -1.82. The zero-order valence-corrected chi connectivity index (χ0v) is 10.6.